The Morgan fingerprint density at radius 1 is 1.33 bits per heavy atom. The zero-order valence-electron chi connectivity index (χ0n) is 8.19. The molecule has 0 saturated heterocycles. The topological polar surface area (TPSA) is 41.6 Å². The molecule has 0 aliphatic rings. The van der Waals surface area contributed by atoms with E-state index in [0.717, 1.165) is 21.9 Å². The fourth-order valence-corrected chi connectivity index (χ4v) is 2.20. The van der Waals surface area contributed by atoms with Gasteiger partial charge in [0.15, 0.2) is 10.8 Å². The molecule has 15 heavy (non-hydrogen) atoms. The molecule has 0 bridgehead atoms. The minimum atomic E-state index is 0.856. The molecule has 3 nitrogen and oxygen atoms in total. The third kappa shape index (κ3) is 1.34. The Morgan fingerprint density at radius 3 is 3.00 bits per heavy atom. The molecule has 3 rings (SSSR count). The highest BCUT2D eigenvalue weighted by molar-refractivity contribution is 7.13. The Kier molecular flexibility index (Phi) is 1.82. The fourth-order valence-electron chi connectivity index (χ4n) is 1.62. The zero-order valence-corrected chi connectivity index (χ0v) is 9.01. The molecule has 3 aromatic rings. The number of H-pyrrole nitrogens is 1. The maximum Gasteiger partial charge on any atom is 0.167 e. The lowest BCUT2D eigenvalue weighted by Gasteiger charge is -1.91. The van der Waals surface area contributed by atoms with Crippen molar-refractivity contribution in [3.05, 3.63) is 35.3 Å². The quantitative estimate of drug-likeness (QED) is 0.678. The predicted molar refractivity (Wildman–Crippen MR) is 61.9 cm³/mol. The van der Waals surface area contributed by atoms with Crippen molar-refractivity contribution in [3.63, 3.8) is 0 Å². The number of para-hydroxylation sites is 1. The van der Waals surface area contributed by atoms with Crippen LogP contribution in [0.15, 0.2) is 29.8 Å². The third-order valence-electron chi connectivity index (χ3n) is 2.36. The van der Waals surface area contributed by atoms with Crippen LogP contribution in [0.4, 0.5) is 0 Å². The summed E-state index contributed by atoms with van der Waals surface area (Å²) in [6.07, 6.45) is 1.79. The van der Waals surface area contributed by atoms with Crippen molar-refractivity contribution >= 4 is 22.4 Å². The molecule has 0 unspecified atom stereocenters. The maximum absolute atomic E-state index is 4.51. The number of nitrogens with one attached hydrogen (secondary N) is 1. The lowest BCUT2D eigenvalue weighted by Crippen LogP contribution is -1.77. The van der Waals surface area contributed by atoms with E-state index in [4.69, 9.17) is 0 Å². The molecule has 2 heterocycles. The molecule has 1 aromatic carbocycles. The first-order chi connectivity index (χ1) is 7.34. The highest BCUT2D eigenvalue weighted by Crippen LogP contribution is 2.23. The van der Waals surface area contributed by atoms with Crippen molar-refractivity contribution < 1.29 is 0 Å². The van der Waals surface area contributed by atoms with E-state index >= 15 is 0 Å². The average Bonchev–Trinajstić information content (AvgIpc) is 2.86. The molecule has 0 spiro atoms. The van der Waals surface area contributed by atoms with E-state index in [2.05, 4.69) is 27.9 Å². The van der Waals surface area contributed by atoms with Gasteiger partial charge in [0.2, 0.25) is 0 Å². The normalized spacial score (nSPS) is 11.0. The van der Waals surface area contributed by atoms with Gasteiger partial charge in [0.05, 0.1) is 11.0 Å². The van der Waals surface area contributed by atoms with Gasteiger partial charge in [-0.15, -0.1) is 11.3 Å². The standard InChI is InChI=1S/C11H9N3S/c1-7-3-2-4-8-9(7)14-10(13-8)11-12-5-6-15-11/h2-6H,1H3,(H,13,14). The van der Waals surface area contributed by atoms with Crippen molar-refractivity contribution in [2.45, 2.75) is 6.92 Å². The number of fused-ring (bicyclic) bond motifs is 1. The van der Waals surface area contributed by atoms with Crippen LogP contribution in [0, 0.1) is 6.92 Å². The number of rotatable bonds is 1. The average molecular weight is 215 g/mol. The van der Waals surface area contributed by atoms with Gasteiger partial charge in [-0.2, -0.15) is 0 Å². The summed E-state index contributed by atoms with van der Waals surface area (Å²) in [6.45, 7) is 2.08. The first kappa shape index (κ1) is 8.61. The van der Waals surface area contributed by atoms with Crippen LogP contribution in [0.5, 0.6) is 0 Å². The first-order valence-electron chi connectivity index (χ1n) is 4.70. The number of imidazole rings is 1. The minimum Gasteiger partial charge on any atom is -0.336 e. The van der Waals surface area contributed by atoms with Gasteiger partial charge >= 0.3 is 0 Å². The van der Waals surface area contributed by atoms with Gasteiger partial charge in [0.25, 0.3) is 0 Å². The summed E-state index contributed by atoms with van der Waals surface area (Å²) < 4.78 is 0. The Hall–Kier alpha value is -1.68. The monoisotopic (exact) mass is 215 g/mol. The second-order valence-electron chi connectivity index (χ2n) is 3.39. The second-order valence-corrected chi connectivity index (χ2v) is 4.29. The van der Waals surface area contributed by atoms with Crippen LogP contribution in [-0.2, 0) is 0 Å². The first-order valence-corrected chi connectivity index (χ1v) is 5.58. The molecule has 4 heteroatoms. The van der Waals surface area contributed by atoms with E-state index in [0.29, 0.717) is 0 Å². The lowest BCUT2D eigenvalue weighted by atomic mass is 10.2. The SMILES string of the molecule is Cc1cccc2nc(-c3nccs3)[nH]c12. The van der Waals surface area contributed by atoms with Crippen molar-refractivity contribution in [2.24, 2.45) is 0 Å². The molecule has 0 atom stereocenters. The van der Waals surface area contributed by atoms with Gasteiger partial charge in [-0.05, 0) is 18.6 Å². The molecule has 0 radical (unpaired) electrons. The van der Waals surface area contributed by atoms with Crippen LogP contribution in [0.25, 0.3) is 21.9 Å². The third-order valence-corrected chi connectivity index (χ3v) is 3.14. The highest BCUT2D eigenvalue weighted by atomic mass is 32.1. The Morgan fingerprint density at radius 2 is 2.27 bits per heavy atom. The summed E-state index contributed by atoms with van der Waals surface area (Å²) in [5, 5.41) is 2.89. The second kappa shape index (κ2) is 3.17. The van der Waals surface area contributed by atoms with Crippen molar-refractivity contribution in [3.8, 4) is 10.8 Å². The predicted octanol–water partition coefficient (Wildman–Crippen LogP) is 2.99. The van der Waals surface area contributed by atoms with E-state index in [1.165, 1.54) is 5.56 Å². The molecular formula is C11H9N3S. The van der Waals surface area contributed by atoms with E-state index in [1.54, 1.807) is 17.5 Å². The fraction of sp³-hybridized carbons (Fsp3) is 0.0909. The van der Waals surface area contributed by atoms with E-state index in [-0.39, 0.29) is 0 Å². The van der Waals surface area contributed by atoms with Crippen LogP contribution in [0.1, 0.15) is 5.56 Å². The molecular weight excluding hydrogens is 206 g/mol. The van der Waals surface area contributed by atoms with Gasteiger partial charge in [-0.1, -0.05) is 12.1 Å². The van der Waals surface area contributed by atoms with Gasteiger partial charge in [-0.25, -0.2) is 9.97 Å². The maximum atomic E-state index is 4.51. The van der Waals surface area contributed by atoms with Gasteiger partial charge in [-0.3, -0.25) is 0 Å². The van der Waals surface area contributed by atoms with Gasteiger partial charge < -0.3 is 4.98 Å². The van der Waals surface area contributed by atoms with Crippen molar-refractivity contribution in [1.29, 1.82) is 0 Å². The number of aryl methyl sites for hydroxylation is 1. The number of benzene rings is 1. The van der Waals surface area contributed by atoms with Crippen LogP contribution in [0.3, 0.4) is 0 Å². The smallest absolute Gasteiger partial charge is 0.167 e. The number of thiazole rings is 1. The van der Waals surface area contributed by atoms with Crippen LogP contribution >= 0.6 is 11.3 Å². The minimum absolute atomic E-state index is 0.856. The van der Waals surface area contributed by atoms with Gasteiger partial charge in [0.1, 0.15) is 0 Å². The summed E-state index contributed by atoms with van der Waals surface area (Å²) >= 11 is 1.59. The molecule has 1 N–H and O–H groups in total. The molecule has 0 aliphatic carbocycles. The van der Waals surface area contributed by atoms with Crippen LogP contribution < -0.4 is 0 Å². The highest BCUT2D eigenvalue weighted by Gasteiger charge is 2.07. The summed E-state index contributed by atoms with van der Waals surface area (Å²) in [7, 11) is 0. The molecule has 74 valence electrons. The molecule has 0 fully saturated rings. The van der Waals surface area contributed by atoms with Crippen molar-refractivity contribution in [2.75, 3.05) is 0 Å². The molecule has 0 saturated carbocycles. The molecule has 2 aromatic heterocycles. The number of aromatic amines is 1. The zero-order chi connectivity index (χ0) is 10.3. The number of nitrogens with zero attached hydrogens (tertiary/aromatic N) is 2. The van der Waals surface area contributed by atoms with E-state index in [9.17, 15) is 0 Å². The summed E-state index contributed by atoms with van der Waals surface area (Å²) in [5.74, 6) is 0.856. The summed E-state index contributed by atoms with van der Waals surface area (Å²) in [4.78, 5) is 12.0. The Labute approximate surface area is 90.8 Å². The Bertz CT molecular complexity index is 595. The van der Waals surface area contributed by atoms with E-state index in [1.807, 2.05) is 17.5 Å². The summed E-state index contributed by atoms with van der Waals surface area (Å²) in [5.41, 5.74) is 3.31. The van der Waals surface area contributed by atoms with Crippen molar-refractivity contribution in [1.82, 2.24) is 15.0 Å². The van der Waals surface area contributed by atoms with Crippen LogP contribution in [-0.4, -0.2) is 15.0 Å². The number of aromatic nitrogens is 3. The van der Waals surface area contributed by atoms with Crippen LogP contribution in [0.2, 0.25) is 0 Å². The number of hydrogen-bond donors (Lipinski definition) is 1. The molecule has 0 amide bonds. The largest absolute Gasteiger partial charge is 0.336 e. The lowest BCUT2D eigenvalue weighted by molar-refractivity contribution is 1.29. The van der Waals surface area contributed by atoms with E-state index < -0.39 is 0 Å². The van der Waals surface area contributed by atoms with Gasteiger partial charge in [0, 0.05) is 11.6 Å². The molecule has 0 aliphatic heterocycles. The Balaban J connectivity index is 2.27. The number of hydrogen-bond acceptors (Lipinski definition) is 3. The summed E-state index contributed by atoms with van der Waals surface area (Å²) in [6, 6.07) is 6.10.